The molecule has 0 spiro atoms. The van der Waals surface area contributed by atoms with Crippen LogP contribution in [-0.2, 0) is 22.6 Å². The average Bonchev–Trinajstić information content (AvgIpc) is 3.18. The zero-order chi connectivity index (χ0) is 24.1. The van der Waals surface area contributed by atoms with Crippen molar-refractivity contribution in [1.29, 1.82) is 0 Å². The smallest absolute Gasteiger partial charge is 0.238 e. The Morgan fingerprint density at radius 3 is 2.27 bits per heavy atom. The van der Waals surface area contributed by atoms with Crippen LogP contribution in [-0.4, -0.2) is 35.3 Å². The Hall–Kier alpha value is -3.03. The van der Waals surface area contributed by atoms with E-state index in [1.165, 1.54) is 22.5 Å². The van der Waals surface area contributed by atoms with Gasteiger partial charge in [0.15, 0.2) is 5.13 Å². The molecule has 0 aliphatic heterocycles. The number of nitrogens with one attached hydrogen (secondary N) is 1. The van der Waals surface area contributed by atoms with E-state index in [1.807, 2.05) is 55.4 Å². The fraction of sp³-hybridized carbons (Fsp3) is 0.346. The SMILES string of the molecule is CCc1ccc(N(C(C)=O)c2nc(CN(C)CC(=O)Nc3c(C)cc(C)cc3C)cs2)cc1. The summed E-state index contributed by atoms with van der Waals surface area (Å²) in [5.41, 5.74) is 7.02. The third-order valence-electron chi connectivity index (χ3n) is 5.44. The van der Waals surface area contributed by atoms with Crippen LogP contribution in [0.2, 0.25) is 0 Å². The van der Waals surface area contributed by atoms with E-state index in [2.05, 4.69) is 36.3 Å². The number of thiazole rings is 1. The first-order valence-electron chi connectivity index (χ1n) is 11.1. The lowest BCUT2D eigenvalue weighted by Crippen LogP contribution is -2.30. The number of anilines is 3. The van der Waals surface area contributed by atoms with Crippen molar-refractivity contribution in [2.75, 3.05) is 23.8 Å². The van der Waals surface area contributed by atoms with Gasteiger partial charge in [-0.1, -0.05) is 36.8 Å². The summed E-state index contributed by atoms with van der Waals surface area (Å²) in [6.45, 7) is 10.5. The summed E-state index contributed by atoms with van der Waals surface area (Å²) < 4.78 is 0. The Morgan fingerprint density at radius 2 is 1.70 bits per heavy atom. The minimum absolute atomic E-state index is 0.0654. The third kappa shape index (κ3) is 6.27. The van der Waals surface area contributed by atoms with Crippen molar-refractivity contribution in [2.24, 2.45) is 0 Å². The number of nitrogens with zero attached hydrogens (tertiary/aromatic N) is 3. The maximum absolute atomic E-state index is 12.6. The highest BCUT2D eigenvalue weighted by molar-refractivity contribution is 7.14. The molecule has 0 radical (unpaired) electrons. The minimum atomic E-state index is -0.0864. The number of aromatic nitrogens is 1. The lowest BCUT2D eigenvalue weighted by molar-refractivity contribution is -0.117. The third-order valence-corrected chi connectivity index (χ3v) is 6.31. The summed E-state index contributed by atoms with van der Waals surface area (Å²) in [7, 11) is 1.89. The Bertz CT molecular complexity index is 1110. The predicted molar refractivity (Wildman–Crippen MR) is 136 cm³/mol. The lowest BCUT2D eigenvalue weighted by atomic mass is 10.1. The second-order valence-electron chi connectivity index (χ2n) is 8.49. The van der Waals surface area contributed by atoms with Crippen LogP contribution in [0.25, 0.3) is 0 Å². The van der Waals surface area contributed by atoms with Crippen LogP contribution >= 0.6 is 11.3 Å². The summed E-state index contributed by atoms with van der Waals surface area (Å²) in [4.78, 5) is 33.2. The first-order valence-corrected chi connectivity index (χ1v) is 12.0. The molecule has 2 amide bonds. The van der Waals surface area contributed by atoms with Gasteiger partial charge < -0.3 is 5.32 Å². The molecule has 3 aromatic rings. The Balaban J connectivity index is 1.65. The summed E-state index contributed by atoms with van der Waals surface area (Å²) in [6, 6.07) is 12.1. The molecule has 0 saturated heterocycles. The summed E-state index contributed by atoms with van der Waals surface area (Å²) >= 11 is 1.43. The molecular weight excluding hydrogens is 432 g/mol. The molecule has 1 aromatic heterocycles. The van der Waals surface area contributed by atoms with Gasteiger partial charge >= 0.3 is 0 Å². The summed E-state index contributed by atoms with van der Waals surface area (Å²) in [5.74, 6) is -0.152. The fourth-order valence-corrected chi connectivity index (χ4v) is 4.79. The van der Waals surface area contributed by atoms with Crippen LogP contribution in [0.15, 0.2) is 41.8 Å². The number of amides is 2. The predicted octanol–water partition coefficient (Wildman–Crippen LogP) is 5.39. The van der Waals surface area contributed by atoms with Gasteiger partial charge in [-0.05, 0) is 63.1 Å². The molecule has 1 N–H and O–H groups in total. The highest BCUT2D eigenvalue weighted by atomic mass is 32.1. The second-order valence-corrected chi connectivity index (χ2v) is 9.33. The van der Waals surface area contributed by atoms with Crippen molar-refractivity contribution < 1.29 is 9.59 Å². The highest BCUT2D eigenvalue weighted by Gasteiger charge is 2.19. The van der Waals surface area contributed by atoms with E-state index in [1.54, 1.807) is 11.8 Å². The van der Waals surface area contributed by atoms with Gasteiger partial charge in [0.05, 0.1) is 17.9 Å². The molecular formula is C26H32N4O2S. The van der Waals surface area contributed by atoms with Gasteiger partial charge in [-0.25, -0.2) is 4.98 Å². The topological polar surface area (TPSA) is 65.5 Å². The maximum Gasteiger partial charge on any atom is 0.238 e. The van der Waals surface area contributed by atoms with Gasteiger partial charge in [0, 0.05) is 24.5 Å². The van der Waals surface area contributed by atoms with Crippen molar-refractivity contribution in [1.82, 2.24) is 9.88 Å². The van der Waals surface area contributed by atoms with Gasteiger partial charge in [0.1, 0.15) is 0 Å². The molecule has 0 aliphatic rings. The van der Waals surface area contributed by atoms with E-state index in [4.69, 9.17) is 0 Å². The van der Waals surface area contributed by atoms with Crippen LogP contribution in [0.3, 0.4) is 0 Å². The Kier molecular flexibility index (Phi) is 8.00. The van der Waals surface area contributed by atoms with Crippen molar-refractivity contribution >= 4 is 39.7 Å². The number of carbonyl (C=O) groups is 2. The van der Waals surface area contributed by atoms with Gasteiger partial charge in [-0.3, -0.25) is 19.4 Å². The number of hydrogen-bond acceptors (Lipinski definition) is 5. The van der Waals surface area contributed by atoms with Crippen molar-refractivity contribution in [3.05, 3.63) is 69.7 Å². The molecule has 0 bridgehead atoms. The fourth-order valence-electron chi connectivity index (χ4n) is 3.91. The minimum Gasteiger partial charge on any atom is -0.324 e. The van der Waals surface area contributed by atoms with Crippen molar-refractivity contribution in [2.45, 2.75) is 47.6 Å². The number of hydrogen-bond donors (Lipinski definition) is 1. The maximum atomic E-state index is 12.6. The van der Waals surface area contributed by atoms with Crippen LogP contribution in [0.1, 0.15) is 41.8 Å². The monoisotopic (exact) mass is 464 g/mol. The summed E-state index contributed by atoms with van der Waals surface area (Å²) in [6.07, 6.45) is 0.949. The van der Waals surface area contributed by atoms with Crippen LogP contribution in [0, 0.1) is 20.8 Å². The molecule has 7 heteroatoms. The van der Waals surface area contributed by atoms with Crippen molar-refractivity contribution in [3.8, 4) is 0 Å². The van der Waals surface area contributed by atoms with Gasteiger partial charge in [0.2, 0.25) is 11.8 Å². The van der Waals surface area contributed by atoms with Gasteiger partial charge in [0.25, 0.3) is 0 Å². The second kappa shape index (κ2) is 10.7. The number of carbonyl (C=O) groups excluding carboxylic acids is 2. The van der Waals surface area contributed by atoms with Crippen LogP contribution in [0.4, 0.5) is 16.5 Å². The standard InChI is InChI=1S/C26H32N4O2S/c1-7-21-8-10-23(11-9-21)30(20(5)31)26-27-22(16-33-26)14-29(6)15-24(32)28-25-18(3)12-17(2)13-19(25)4/h8-13,16H,7,14-15H2,1-6H3,(H,28,32). The van der Waals surface area contributed by atoms with Crippen molar-refractivity contribution in [3.63, 3.8) is 0 Å². The average molecular weight is 465 g/mol. The lowest BCUT2D eigenvalue weighted by Gasteiger charge is -2.19. The highest BCUT2D eigenvalue weighted by Crippen LogP contribution is 2.29. The Labute approximate surface area is 200 Å². The molecule has 6 nitrogen and oxygen atoms in total. The molecule has 3 rings (SSSR count). The first kappa shape index (κ1) is 24.6. The zero-order valence-corrected chi connectivity index (χ0v) is 21.0. The molecule has 174 valence electrons. The van der Waals surface area contributed by atoms with E-state index in [0.29, 0.717) is 11.7 Å². The molecule has 0 unspecified atom stereocenters. The zero-order valence-electron chi connectivity index (χ0n) is 20.2. The number of benzene rings is 2. The molecule has 0 fully saturated rings. The molecule has 0 saturated carbocycles. The van der Waals surface area contributed by atoms with Crippen LogP contribution < -0.4 is 10.2 Å². The largest absolute Gasteiger partial charge is 0.324 e. The van der Waals surface area contributed by atoms with E-state index in [-0.39, 0.29) is 18.4 Å². The normalized spacial score (nSPS) is 11.0. The molecule has 2 aromatic carbocycles. The number of aryl methyl sites for hydroxylation is 4. The molecule has 0 aliphatic carbocycles. The molecule has 33 heavy (non-hydrogen) atoms. The van der Waals surface area contributed by atoms with E-state index >= 15 is 0 Å². The van der Waals surface area contributed by atoms with E-state index in [0.717, 1.165) is 34.6 Å². The van der Waals surface area contributed by atoms with Gasteiger partial charge in [-0.15, -0.1) is 11.3 Å². The Morgan fingerprint density at radius 1 is 1.06 bits per heavy atom. The van der Waals surface area contributed by atoms with E-state index in [9.17, 15) is 9.59 Å². The number of rotatable bonds is 8. The molecule has 1 heterocycles. The van der Waals surface area contributed by atoms with E-state index < -0.39 is 0 Å². The number of likely N-dealkylation sites (N-methyl/N-ethyl adjacent to an activating group) is 1. The summed E-state index contributed by atoms with van der Waals surface area (Å²) in [5, 5.41) is 5.61. The molecule has 0 atom stereocenters. The quantitative estimate of drug-likeness (QED) is 0.486. The first-order chi connectivity index (χ1) is 15.7. The van der Waals surface area contributed by atoms with Gasteiger partial charge in [-0.2, -0.15) is 0 Å². The van der Waals surface area contributed by atoms with Crippen LogP contribution in [0.5, 0.6) is 0 Å².